The van der Waals surface area contributed by atoms with Crippen LogP contribution in [0.5, 0.6) is 0 Å². The lowest BCUT2D eigenvalue weighted by molar-refractivity contribution is -0.133. The number of aliphatic imine (C=N–C) groups is 1. The van der Waals surface area contributed by atoms with E-state index in [-0.39, 0.29) is 5.71 Å². The third-order valence-electron chi connectivity index (χ3n) is 1.70. The van der Waals surface area contributed by atoms with Crippen molar-refractivity contribution in [3.63, 3.8) is 0 Å². The zero-order chi connectivity index (χ0) is 11.3. The minimum Gasteiger partial charge on any atom is -0.464 e. The number of ether oxygens (including phenoxy) is 1. The summed E-state index contributed by atoms with van der Waals surface area (Å²) in [7, 11) is 1.25. The van der Waals surface area contributed by atoms with Gasteiger partial charge < -0.3 is 4.74 Å². The van der Waals surface area contributed by atoms with Crippen molar-refractivity contribution in [2.45, 2.75) is 6.92 Å². The van der Waals surface area contributed by atoms with E-state index >= 15 is 0 Å². The summed E-state index contributed by atoms with van der Waals surface area (Å²) in [5, 5.41) is 0. The van der Waals surface area contributed by atoms with Gasteiger partial charge in [0.25, 0.3) is 0 Å². The quantitative estimate of drug-likeness (QED) is 0.538. The van der Waals surface area contributed by atoms with Crippen molar-refractivity contribution >= 4 is 17.6 Å². The van der Waals surface area contributed by atoms with E-state index in [0.717, 1.165) is 0 Å². The fourth-order valence-corrected chi connectivity index (χ4v) is 1.08. The van der Waals surface area contributed by atoms with E-state index in [2.05, 4.69) is 9.73 Å². The molecule has 0 heterocycles. The van der Waals surface area contributed by atoms with Crippen LogP contribution in [0.15, 0.2) is 35.3 Å². The van der Waals surface area contributed by atoms with Gasteiger partial charge in [0.1, 0.15) is 0 Å². The molecule has 0 N–H and O–H groups in total. The molecule has 0 aliphatic rings. The van der Waals surface area contributed by atoms with Gasteiger partial charge in [-0.05, 0) is 0 Å². The summed E-state index contributed by atoms with van der Waals surface area (Å²) in [4.78, 5) is 25.8. The van der Waals surface area contributed by atoms with Crippen LogP contribution in [0, 0.1) is 0 Å². The second-order valence-electron chi connectivity index (χ2n) is 2.84. The molecule has 0 aliphatic carbocycles. The molecular weight excluding hydrogens is 194 g/mol. The van der Waals surface area contributed by atoms with Crippen molar-refractivity contribution in [2.24, 2.45) is 4.99 Å². The Kier molecular flexibility index (Phi) is 3.74. The zero-order valence-electron chi connectivity index (χ0n) is 8.56. The van der Waals surface area contributed by atoms with Crippen LogP contribution in [0.2, 0.25) is 0 Å². The molecule has 0 aliphatic heterocycles. The number of rotatable bonds is 2. The van der Waals surface area contributed by atoms with E-state index in [1.807, 2.05) is 6.07 Å². The molecule has 0 aromatic heterocycles. The number of amides is 1. The molecule has 0 saturated heterocycles. The number of benzene rings is 1. The minimum atomic E-state index is -0.614. The number of methoxy groups -OCH3 is 1. The van der Waals surface area contributed by atoms with Gasteiger partial charge in [0.15, 0.2) is 5.71 Å². The van der Waals surface area contributed by atoms with Gasteiger partial charge in [-0.25, -0.2) is 9.79 Å². The highest BCUT2D eigenvalue weighted by Gasteiger charge is 2.14. The maximum atomic E-state index is 11.3. The normalized spacial score (nSPS) is 10.9. The number of hydrogen-bond donors (Lipinski definition) is 0. The Bertz CT molecular complexity index is 396. The van der Waals surface area contributed by atoms with E-state index in [0.29, 0.717) is 5.56 Å². The van der Waals surface area contributed by atoms with E-state index < -0.39 is 11.9 Å². The molecule has 15 heavy (non-hydrogen) atoms. The standard InChI is InChI=1S/C11H11NO3/c1-8(13)12-10(11(14)15-2)9-6-4-3-5-7-9/h3-7H,1-2H3. The van der Waals surface area contributed by atoms with Crippen LogP contribution in [0.1, 0.15) is 12.5 Å². The molecule has 0 spiro atoms. The van der Waals surface area contributed by atoms with Gasteiger partial charge in [-0.3, -0.25) is 4.79 Å². The molecule has 0 fully saturated rings. The van der Waals surface area contributed by atoms with Crippen LogP contribution in [0.3, 0.4) is 0 Å². The number of hydrogen-bond acceptors (Lipinski definition) is 3. The molecule has 4 nitrogen and oxygen atoms in total. The number of esters is 1. The van der Waals surface area contributed by atoms with Gasteiger partial charge in [-0.1, -0.05) is 30.3 Å². The Morgan fingerprint density at radius 3 is 2.27 bits per heavy atom. The molecule has 0 unspecified atom stereocenters. The predicted octanol–water partition coefficient (Wildman–Crippen LogP) is 1.20. The molecule has 4 heteroatoms. The first kappa shape index (κ1) is 11.1. The first-order valence-corrected chi connectivity index (χ1v) is 4.38. The van der Waals surface area contributed by atoms with Crippen LogP contribution >= 0.6 is 0 Å². The SMILES string of the molecule is COC(=O)C(=NC(C)=O)c1ccccc1. The smallest absolute Gasteiger partial charge is 0.357 e. The van der Waals surface area contributed by atoms with E-state index in [4.69, 9.17) is 0 Å². The number of carbonyl (C=O) groups is 2. The lowest BCUT2D eigenvalue weighted by atomic mass is 10.1. The maximum absolute atomic E-state index is 11.3. The Morgan fingerprint density at radius 2 is 1.80 bits per heavy atom. The number of carbonyl (C=O) groups excluding carboxylic acids is 2. The number of nitrogens with zero attached hydrogens (tertiary/aromatic N) is 1. The molecule has 0 radical (unpaired) electrons. The Balaban J connectivity index is 3.13. The van der Waals surface area contributed by atoms with Gasteiger partial charge in [0.2, 0.25) is 5.91 Å². The molecule has 0 saturated carbocycles. The first-order valence-electron chi connectivity index (χ1n) is 4.38. The van der Waals surface area contributed by atoms with Crippen molar-refractivity contribution < 1.29 is 14.3 Å². The maximum Gasteiger partial charge on any atom is 0.357 e. The second-order valence-corrected chi connectivity index (χ2v) is 2.84. The van der Waals surface area contributed by atoms with Crippen molar-refractivity contribution in [2.75, 3.05) is 7.11 Å². The lowest BCUT2D eigenvalue weighted by Gasteiger charge is -2.02. The van der Waals surface area contributed by atoms with Crippen LogP contribution in [-0.2, 0) is 14.3 Å². The average Bonchev–Trinajstić information content (AvgIpc) is 2.26. The summed E-state index contributed by atoms with van der Waals surface area (Å²) in [5.41, 5.74) is 0.602. The summed E-state index contributed by atoms with van der Waals surface area (Å²) in [5.74, 6) is -1.05. The van der Waals surface area contributed by atoms with Gasteiger partial charge in [-0.2, -0.15) is 0 Å². The summed E-state index contributed by atoms with van der Waals surface area (Å²) < 4.78 is 4.55. The fourth-order valence-electron chi connectivity index (χ4n) is 1.08. The molecule has 0 atom stereocenters. The second kappa shape index (κ2) is 5.05. The van der Waals surface area contributed by atoms with Gasteiger partial charge in [0.05, 0.1) is 7.11 Å². The topological polar surface area (TPSA) is 55.7 Å². The van der Waals surface area contributed by atoms with Gasteiger partial charge in [-0.15, -0.1) is 0 Å². The summed E-state index contributed by atoms with van der Waals surface area (Å²) >= 11 is 0. The molecule has 1 aromatic rings. The first-order chi connectivity index (χ1) is 7.15. The summed E-state index contributed by atoms with van der Waals surface area (Å²) in [6, 6.07) is 8.71. The van der Waals surface area contributed by atoms with Crippen molar-refractivity contribution in [1.29, 1.82) is 0 Å². The van der Waals surface area contributed by atoms with E-state index in [1.54, 1.807) is 24.3 Å². The predicted molar refractivity (Wildman–Crippen MR) is 55.7 cm³/mol. The van der Waals surface area contributed by atoms with Crippen molar-refractivity contribution in [3.8, 4) is 0 Å². The lowest BCUT2D eigenvalue weighted by Crippen LogP contribution is -2.18. The summed E-state index contributed by atoms with van der Waals surface area (Å²) in [6.07, 6.45) is 0. The van der Waals surface area contributed by atoms with Crippen LogP contribution < -0.4 is 0 Å². The third-order valence-corrected chi connectivity index (χ3v) is 1.70. The Hall–Kier alpha value is -1.97. The third kappa shape index (κ3) is 3.02. The molecule has 0 bridgehead atoms. The van der Waals surface area contributed by atoms with Crippen molar-refractivity contribution in [3.05, 3.63) is 35.9 Å². The molecule has 78 valence electrons. The van der Waals surface area contributed by atoms with Crippen LogP contribution in [0.25, 0.3) is 0 Å². The molecule has 1 amide bonds. The Morgan fingerprint density at radius 1 is 1.20 bits per heavy atom. The fraction of sp³-hybridized carbons (Fsp3) is 0.182. The zero-order valence-corrected chi connectivity index (χ0v) is 8.56. The highest BCUT2D eigenvalue weighted by atomic mass is 16.5. The summed E-state index contributed by atoms with van der Waals surface area (Å²) in [6.45, 7) is 1.28. The van der Waals surface area contributed by atoms with Crippen molar-refractivity contribution in [1.82, 2.24) is 0 Å². The molecule has 1 rings (SSSR count). The van der Waals surface area contributed by atoms with E-state index in [1.165, 1.54) is 14.0 Å². The van der Waals surface area contributed by atoms with Crippen LogP contribution in [0.4, 0.5) is 0 Å². The molecular formula is C11H11NO3. The van der Waals surface area contributed by atoms with E-state index in [9.17, 15) is 9.59 Å². The van der Waals surface area contributed by atoms with Gasteiger partial charge in [0, 0.05) is 12.5 Å². The monoisotopic (exact) mass is 205 g/mol. The highest BCUT2D eigenvalue weighted by Crippen LogP contribution is 2.03. The average molecular weight is 205 g/mol. The van der Waals surface area contributed by atoms with Gasteiger partial charge >= 0.3 is 5.97 Å². The Labute approximate surface area is 87.6 Å². The molecule has 1 aromatic carbocycles. The largest absolute Gasteiger partial charge is 0.464 e. The minimum absolute atomic E-state index is 0.0330. The highest BCUT2D eigenvalue weighted by molar-refractivity contribution is 6.44. The van der Waals surface area contributed by atoms with Crippen LogP contribution in [-0.4, -0.2) is 24.7 Å².